The molecule has 0 unspecified atom stereocenters. The number of amides is 2. The molecule has 0 aromatic carbocycles. The van der Waals surface area contributed by atoms with Crippen LogP contribution in [0.2, 0.25) is 0 Å². The van der Waals surface area contributed by atoms with Crippen LogP contribution in [-0.2, 0) is 23.8 Å². The van der Waals surface area contributed by atoms with Crippen LogP contribution in [0.15, 0.2) is 12.2 Å². The fraction of sp³-hybridized carbons (Fsp3) is 0.800. The van der Waals surface area contributed by atoms with Crippen molar-refractivity contribution < 1.29 is 44.2 Å². The fourth-order valence-corrected chi connectivity index (χ4v) is 3.45. The van der Waals surface area contributed by atoms with E-state index in [1.165, 1.54) is 13.0 Å². The van der Waals surface area contributed by atoms with Gasteiger partial charge in [-0.25, -0.2) is 0 Å². The standard InChI is InChI=1S/C20H34N2O9/c1-10(2)5-4-6-15(26)22-13-7-12(25)9-29-19(13)31-20-16(21-11(3)24)18(28)17(27)14(8-23)30-20/h4,6,10,12-14,16-20,23,25,27-28H,5,7-9H2,1-3H3,(H,21,24)(H,22,26)/b6-4+/t12-,13-,14-,16-,17-,18-,19+,20-/m1/s1. The van der Waals surface area contributed by atoms with E-state index >= 15 is 0 Å². The van der Waals surface area contributed by atoms with Crippen LogP contribution in [0.25, 0.3) is 0 Å². The van der Waals surface area contributed by atoms with E-state index in [1.54, 1.807) is 6.08 Å². The quantitative estimate of drug-likeness (QED) is 0.234. The number of rotatable bonds is 8. The Labute approximate surface area is 181 Å². The van der Waals surface area contributed by atoms with Crippen molar-refractivity contribution in [2.24, 2.45) is 5.92 Å². The molecule has 0 saturated carbocycles. The number of nitrogens with one attached hydrogen (secondary N) is 2. The molecule has 2 amide bonds. The van der Waals surface area contributed by atoms with Crippen molar-refractivity contribution in [2.75, 3.05) is 13.2 Å². The average Bonchev–Trinajstić information content (AvgIpc) is 2.68. The Kier molecular flexibility index (Phi) is 9.82. The van der Waals surface area contributed by atoms with Gasteiger partial charge in [-0.3, -0.25) is 9.59 Å². The van der Waals surface area contributed by atoms with Gasteiger partial charge in [0.25, 0.3) is 0 Å². The molecule has 0 aromatic rings. The molecular formula is C20H34N2O9. The second kappa shape index (κ2) is 11.9. The fourth-order valence-electron chi connectivity index (χ4n) is 3.45. The Bertz CT molecular complexity index is 630. The molecule has 0 bridgehead atoms. The molecule has 0 radical (unpaired) electrons. The molecule has 2 aliphatic rings. The lowest BCUT2D eigenvalue weighted by Gasteiger charge is -2.44. The summed E-state index contributed by atoms with van der Waals surface area (Å²) in [6, 6.07) is -1.88. The molecule has 178 valence electrons. The van der Waals surface area contributed by atoms with Crippen LogP contribution in [-0.4, -0.2) is 94.5 Å². The summed E-state index contributed by atoms with van der Waals surface area (Å²) in [7, 11) is 0. The van der Waals surface area contributed by atoms with Crippen LogP contribution >= 0.6 is 0 Å². The van der Waals surface area contributed by atoms with Crippen molar-refractivity contribution in [3.05, 3.63) is 12.2 Å². The number of aliphatic hydroxyl groups excluding tert-OH is 4. The smallest absolute Gasteiger partial charge is 0.244 e. The predicted octanol–water partition coefficient (Wildman–Crippen LogP) is -1.86. The summed E-state index contributed by atoms with van der Waals surface area (Å²) in [5.74, 6) is -0.477. The van der Waals surface area contributed by atoms with Crippen LogP contribution in [0.5, 0.6) is 0 Å². The van der Waals surface area contributed by atoms with Crippen LogP contribution in [0.1, 0.15) is 33.6 Å². The zero-order valence-corrected chi connectivity index (χ0v) is 18.0. The summed E-state index contributed by atoms with van der Waals surface area (Å²) in [5, 5.41) is 45.1. The van der Waals surface area contributed by atoms with Gasteiger partial charge in [-0.05, 0) is 18.4 Å². The SMILES string of the molecule is CC(=O)N[C@H]1[C@@H](O[C@@H]2OC[C@H](O)C[C@H]2NC(=O)/C=C/CC(C)C)O[C@H](CO)[C@@H](O)[C@@H]1O. The Morgan fingerprint density at radius 3 is 2.48 bits per heavy atom. The minimum Gasteiger partial charge on any atom is -0.394 e. The first-order valence-corrected chi connectivity index (χ1v) is 10.4. The maximum absolute atomic E-state index is 12.3. The molecule has 2 heterocycles. The summed E-state index contributed by atoms with van der Waals surface area (Å²) < 4.78 is 16.9. The third kappa shape index (κ3) is 7.49. The lowest BCUT2D eigenvalue weighted by molar-refractivity contribution is -0.326. The Morgan fingerprint density at radius 1 is 1.16 bits per heavy atom. The Hall–Kier alpha value is -1.60. The highest BCUT2D eigenvalue weighted by Crippen LogP contribution is 2.26. The molecule has 2 aliphatic heterocycles. The van der Waals surface area contributed by atoms with E-state index in [2.05, 4.69) is 10.6 Å². The first-order chi connectivity index (χ1) is 14.6. The maximum atomic E-state index is 12.3. The molecule has 31 heavy (non-hydrogen) atoms. The normalized spacial score (nSPS) is 36.5. The van der Waals surface area contributed by atoms with Gasteiger partial charge < -0.3 is 45.3 Å². The number of ether oxygens (including phenoxy) is 3. The number of carbonyl (C=O) groups is 2. The van der Waals surface area contributed by atoms with Crippen molar-refractivity contribution in [3.63, 3.8) is 0 Å². The molecule has 0 spiro atoms. The van der Waals surface area contributed by atoms with Crippen LogP contribution in [0.4, 0.5) is 0 Å². The van der Waals surface area contributed by atoms with Gasteiger partial charge in [0, 0.05) is 13.3 Å². The summed E-state index contributed by atoms with van der Waals surface area (Å²) in [4.78, 5) is 23.8. The van der Waals surface area contributed by atoms with Crippen LogP contribution in [0, 0.1) is 5.92 Å². The molecule has 2 saturated heterocycles. The van der Waals surface area contributed by atoms with Crippen molar-refractivity contribution in [1.82, 2.24) is 10.6 Å². The first-order valence-electron chi connectivity index (χ1n) is 10.4. The van der Waals surface area contributed by atoms with Gasteiger partial charge in [0.1, 0.15) is 24.4 Å². The topological polar surface area (TPSA) is 167 Å². The molecule has 0 aliphatic carbocycles. The van der Waals surface area contributed by atoms with Gasteiger partial charge in [-0.2, -0.15) is 0 Å². The predicted molar refractivity (Wildman–Crippen MR) is 107 cm³/mol. The van der Waals surface area contributed by atoms with Crippen LogP contribution < -0.4 is 10.6 Å². The molecule has 11 nitrogen and oxygen atoms in total. The highest BCUT2D eigenvalue weighted by atomic mass is 16.8. The van der Waals surface area contributed by atoms with Crippen LogP contribution in [0.3, 0.4) is 0 Å². The number of allylic oxidation sites excluding steroid dienone is 1. The van der Waals surface area contributed by atoms with Gasteiger partial charge in [0.15, 0.2) is 12.6 Å². The maximum Gasteiger partial charge on any atom is 0.244 e. The van der Waals surface area contributed by atoms with Crippen molar-refractivity contribution >= 4 is 11.8 Å². The van der Waals surface area contributed by atoms with E-state index in [-0.39, 0.29) is 18.9 Å². The highest BCUT2D eigenvalue weighted by molar-refractivity contribution is 5.87. The van der Waals surface area contributed by atoms with Crippen molar-refractivity contribution in [3.8, 4) is 0 Å². The second-order valence-electron chi connectivity index (χ2n) is 8.31. The second-order valence-corrected chi connectivity index (χ2v) is 8.31. The Morgan fingerprint density at radius 2 is 1.87 bits per heavy atom. The zero-order valence-electron chi connectivity index (χ0n) is 18.0. The van der Waals surface area contributed by atoms with Crippen molar-refractivity contribution in [2.45, 2.75) is 82.7 Å². The summed E-state index contributed by atoms with van der Waals surface area (Å²) in [6.07, 6.45) is -3.20. The van der Waals surface area contributed by atoms with E-state index < -0.39 is 61.6 Å². The summed E-state index contributed by atoms with van der Waals surface area (Å²) in [6.45, 7) is 4.65. The van der Waals surface area contributed by atoms with Gasteiger partial charge in [-0.1, -0.05) is 19.9 Å². The largest absolute Gasteiger partial charge is 0.394 e. The molecule has 8 atom stereocenters. The van der Waals surface area contributed by atoms with E-state index in [0.717, 1.165) is 6.42 Å². The van der Waals surface area contributed by atoms with E-state index in [1.807, 2.05) is 13.8 Å². The third-order valence-corrected chi connectivity index (χ3v) is 5.03. The molecule has 2 fully saturated rings. The average molecular weight is 446 g/mol. The van der Waals surface area contributed by atoms with Gasteiger partial charge in [0.2, 0.25) is 11.8 Å². The first kappa shape index (κ1) is 25.7. The molecule has 6 N–H and O–H groups in total. The van der Waals surface area contributed by atoms with E-state index in [9.17, 15) is 30.0 Å². The lowest BCUT2D eigenvalue weighted by atomic mass is 9.96. The highest BCUT2D eigenvalue weighted by Gasteiger charge is 2.47. The number of aliphatic hydroxyl groups is 4. The number of carbonyl (C=O) groups excluding carboxylic acids is 2. The third-order valence-electron chi connectivity index (χ3n) is 5.03. The van der Waals surface area contributed by atoms with Gasteiger partial charge in [-0.15, -0.1) is 0 Å². The Balaban J connectivity index is 2.11. The molecule has 0 aromatic heterocycles. The summed E-state index contributed by atoms with van der Waals surface area (Å²) in [5.41, 5.74) is 0. The van der Waals surface area contributed by atoms with Gasteiger partial charge in [0.05, 0.1) is 25.4 Å². The minimum atomic E-state index is -1.47. The van der Waals surface area contributed by atoms with Gasteiger partial charge >= 0.3 is 0 Å². The lowest BCUT2D eigenvalue weighted by Crippen LogP contribution is -2.66. The number of hydrogen-bond donors (Lipinski definition) is 6. The van der Waals surface area contributed by atoms with Crippen molar-refractivity contribution in [1.29, 1.82) is 0 Å². The molecule has 11 heteroatoms. The molecular weight excluding hydrogens is 412 g/mol. The molecule has 2 rings (SSSR count). The van der Waals surface area contributed by atoms with E-state index in [0.29, 0.717) is 5.92 Å². The zero-order chi connectivity index (χ0) is 23.1. The van der Waals surface area contributed by atoms with E-state index in [4.69, 9.17) is 14.2 Å². The summed E-state index contributed by atoms with van der Waals surface area (Å²) >= 11 is 0. The number of hydrogen-bond acceptors (Lipinski definition) is 9. The monoisotopic (exact) mass is 446 g/mol. The minimum absolute atomic E-state index is 0.0492.